The number of nitrogens with one attached hydrogen (secondary N) is 1. The standard InChI is InChI=1S/C16H16BrNO2/c1-10-3-8-14(16(19)20)15(9-10)18-11(2)12-4-6-13(17)7-5-12/h3-9,11,18H,1-2H3,(H,19,20). The summed E-state index contributed by atoms with van der Waals surface area (Å²) in [6, 6.07) is 13.3. The van der Waals surface area contributed by atoms with Crippen LogP contribution in [0.2, 0.25) is 0 Å². The number of carbonyl (C=O) groups is 1. The van der Waals surface area contributed by atoms with Crippen LogP contribution < -0.4 is 5.32 Å². The lowest BCUT2D eigenvalue weighted by atomic mass is 10.1. The summed E-state index contributed by atoms with van der Waals surface area (Å²) in [5, 5.41) is 12.5. The first-order valence-electron chi connectivity index (χ1n) is 6.33. The van der Waals surface area contributed by atoms with Gasteiger partial charge in [-0.1, -0.05) is 34.1 Å². The van der Waals surface area contributed by atoms with Gasteiger partial charge >= 0.3 is 5.97 Å². The highest BCUT2D eigenvalue weighted by molar-refractivity contribution is 9.10. The van der Waals surface area contributed by atoms with E-state index in [0.717, 1.165) is 15.6 Å². The highest BCUT2D eigenvalue weighted by atomic mass is 79.9. The number of benzene rings is 2. The Morgan fingerprint density at radius 1 is 1.20 bits per heavy atom. The molecule has 2 N–H and O–H groups in total. The van der Waals surface area contributed by atoms with Gasteiger partial charge in [-0.05, 0) is 49.2 Å². The summed E-state index contributed by atoms with van der Waals surface area (Å²) in [5.41, 5.74) is 3.07. The van der Waals surface area contributed by atoms with Crippen molar-refractivity contribution in [1.82, 2.24) is 0 Å². The van der Waals surface area contributed by atoms with Crippen LogP contribution in [0.15, 0.2) is 46.9 Å². The zero-order chi connectivity index (χ0) is 14.7. The Kier molecular flexibility index (Phi) is 4.45. The normalized spacial score (nSPS) is 11.9. The molecule has 0 aromatic heterocycles. The molecule has 4 heteroatoms. The van der Waals surface area contributed by atoms with Gasteiger partial charge in [-0.15, -0.1) is 0 Å². The number of aromatic carboxylic acids is 1. The summed E-state index contributed by atoms with van der Waals surface area (Å²) in [6.45, 7) is 3.96. The van der Waals surface area contributed by atoms with E-state index in [4.69, 9.17) is 0 Å². The van der Waals surface area contributed by atoms with Crippen LogP contribution in [0, 0.1) is 6.92 Å². The van der Waals surface area contributed by atoms with E-state index >= 15 is 0 Å². The van der Waals surface area contributed by atoms with Crippen LogP contribution in [-0.4, -0.2) is 11.1 Å². The van der Waals surface area contributed by atoms with Crippen LogP contribution in [0.25, 0.3) is 0 Å². The molecule has 2 aromatic carbocycles. The second-order valence-corrected chi connectivity index (χ2v) is 5.69. The van der Waals surface area contributed by atoms with Crippen molar-refractivity contribution < 1.29 is 9.90 Å². The maximum absolute atomic E-state index is 11.2. The highest BCUT2D eigenvalue weighted by Gasteiger charge is 2.13. The minimum atomic E-state index is -0.921. The van der Waals surface area contributed by atoms with Crippen molar-refractivity contribution in [2.24, 2.45) is 0 Å². The number of carboxylic acids is 1. The van der Waals surface area contributed by atoms with E-state index in [0.29, 0.717) is 11.3 Å². The Bertz CT molecular complexity index is 623. The Balaban J connectivity index is 2.27. The first kappa shape index (κ1) is 14.6. The average molecular weight is 334 g/mol. The number of hydrogen-bond acceptors (Lipinski definition) is 2. The van der Waals surface area contributed by atoms with E-state index in [1.807, 2.05) is 44.2 Å². The first-order chi connectivity index (χ1) is 9.47. The summed E-state index contributed by atoms with van der Waals surface area (Å²) in [7, 11) is 0. The van der Waals surface area contributed by atoms with Gasteiger partial charge in [0, 0.05) is 16.2 Å². The Morgan fingerprint density at radius 3 is 2.45 bits per heavy atom. The predicted octanol–water partition coefficient (Wildman–Crippen LogP) is 4.63. The van der Waals surface area contributed by atoms with Gasteiger partial charge in [0.1, 0.15) is 0 Å². The summed E-state index contributed by atoms with van der Waals surface area (Å²) < 4.78 is 1.02. The average Bonchev–Trinajstić information content (AvgIpc) is 2.39. The highest BCUT2D eigenvalue weighted by Crippen LogP contribution is 2.24. The number of hydrogen-bond donors (Lipinski definition) is 2. The molecule has 0 saturated heterocycles. The molecule has 1 unspecified atom stereocenters. The number of anilines is 1. The molecule has 2 aromatic rings. The number of rotatable bonds is 4. The van der Waals surface area contributed by atoms with Gasteiger partial charge in [0.05, 0.1) is 5.56 Å². The minimum absolute atomic E-state index is 0.0306. The molecule has 0 aliphatic carbocycles. The van der Waals surface area contributed by atoms with Crippen molar-refractivity contribution in [2.75, 3.05) is 5.32 Å². The van der Waals surface area contributed by atoms with Crippen LogP contribution in [0.5, 0.6) is 0 Å². The third-order valence-electron chi connectivity index (χ3n) is 3.15. The lowest BCUT2D eigenvalue weighted by Crippen LogP contribution is -2.10. The molecule has 0 saturated carbocycles. The van der Waals surface area contributed by atoms with Gasteiger partial charge in [0.2, 0.25) is 0 Å². The fourth-order valence-electron chi connectivity index (χ4n) is 2.03. The molecule has 1 atom stereocenters. The molecule has 0 fully saturated rings. The molecule has 0 radical (unpaired) electrons. The third-order valence-corrected chi connectivity index (χ3v) is 3.68. The SMILES string of the molecule is Cc1ccc(C(=O)O)c(NC(C)c2ccc(Br)cc2)c1. The van der Waals surface area contributed by atoms with E-state index in [-0.39, 0.29) is 6.04 Å². The van der Waals surface area contributed by atoms with Gasteiger partial charge in [-0.2, -0.15) is 0 Å². The number of carboxylic acid groups (broad SMARTS) is 1. The second kappa shape index (κ2) is 6.09. The molecule has 0 amide bonds. The molecule has 0 bridgehead atoms. The lowest BCUT2D eigenvalue weighted by Gasteiger charge is -2.18. The molecular formula is C16H16BrNO2. The monoisotopic (exact) mass is 333 g/mol. The van der Waals surface area contributed by atoms with Crippen molar-refractivity contribution in [2.45, 2.75) is 19.9 Å². The van der Waals surface area contributed by atoms with Crippen LogP contribution in [0.4, 0.5) is 5.69 Å². The Hall–Kier alpha value is -1.81. The van der Waals surface area contributed by atoms with E-state index in [2.05, 4.69) is 21.2 Å². The molecule has 0 heterocycles. The maximum Gasteiger partial charge on any atom is 0.337 e. The van der Waals surface area contributed by atoms with Gasteiger partial charge in [0.15, 0.2) is 0 Å². The molecule has 20 heavy (non-hydrogen) atoms. The topological polar surface area (TPSA) is 49.3 Å². The molecule has 3 nitrogen and oxygen atoms in total. The Labute approximate surface area is 126 Å². The van der Waals surface area contributed by atoms with E-state index in [1.54, 1.807) is 12.1 Å². The van der Waals surface area contributed by atoms with Crippen molar-refractivity contribution >= 4 is 27.6 Å². The van der Waals surface area contributed by atoms with Gasteiger partial charge in [-0.3, -0.25) is 0 Å². The second-order valence-electron chi connectivity index (χ2n) is 4.77. The van der Waals surface area contributed by atoms with Crippen LogP contribution in [0.1, 0.15) is 34.5 Å². The molecule has 0 spiro atoms. The predicted molar refractivity (Wildman–Crippen MR) is 84.3 cm³/mol. The fraction of sp³-hybridized carbons (Fsp3) is 0.188. The molecule has 104 valence electrons. The van der Waals surface area contributed by atoms with Gasteiger partial charge in [0.25, 0.3) is 0 Å². The summed E-state index contributed by atoms with van der Waals surface area (Å²) in [4.78, 5) is 11.2. The van der Waals surface area contributed by atoms with E-state index in [9.17, 15) is 9.90 Å². The van der Waals surface area contributed by atoms with Gasteiger partial charge < -0.3 is 10.4 Å². The quantitative estimate of drug-likeness (QED) is 0.857. The fourth-order valence-corrected chi connectivity index (χ4v) is 2.30. The number of halogens is 1. The van der Waals surface area contributed by atoms with E-state index < -0.39 is 5.97 Å². The summed E-state index contributed by atoms with van der Waals surface area (Å²) in [6.07, 6.45) is 0. The van der Waals surface area contributed by atoms with Crippen molar-refractivity contribution in [1.29, 1.82) is 0 Å². The minimum Gasteiger partial charge on any atom is -0.478 e. The van der Waals surface area contributed by atoms with Crippen LogP contribution >= 0.6 is 15.9 Å². The zero-order valence-electron chi connectivity index (χ0n) is 11.4. The van der Waals surface area contributed by atoms with Crippen LogP contribution in [0.3, 0.4) is 0 Å². The smallest absolute Gasteiger partial charge is 0.337 e. The largest absolute Gasteiger partial charge is 0.478 e. The van der Waals surface area contributed by atoms with Gasteiger partial charge in [-0.25, -0.2) is 4.79 Å². The van der Waals surface area contributed by atoms with Crippen molar-refractivity contribution in [3.63, 3.8) is 0 Å². The zero-order valence-corrected chi connectivity index (χ0v) is 12.9. The first-order valence-corrected chi connectivity index (χ1v) is 7.12. The summed E-state index contributed by atoms with van der Waals surface area (Å²) in [5.74, 6) is -0.921. The van der Waals surface area contributed by atoms with Crippen LogP contribution in [-0.2, 0) is 0 Å². The lowest BCUT2D eigenvalue weighted by molar-refractivity contribution is 0.0698. The number of aryl methyl sites for hydroxylation is 1. The molecular weight excluding hydrogens is 318 g/mol. The van der Waals surface area contributed by atoms with E-state index in [1.165, 1.54) is 0 Å². The van der Waals surface area contributed by atoms with Crippen molar-refractivity contribution in [3.8, 4) is 0 Å². The molecule has 0 aliphatic rings. The van der Waals surface area contributed by atoms with Crippen molar-refractivity contribution in [3.05, 3.63) is 63.6 Å². The molecule has 2 rings (SSSR count). The third kappa shape index (κ3) is 3.39. The summed E-state index contributed by atoms with van der Waals surface area (Å²) >= 11 is 3.40. The molecule has 0 aliphatic heterocycles. The maximum atomic E-state index is 11.2. The Morgan fingerprint density at radius 2 is 1.85 bits per heavy atom.